The molecule has 2 aromatic rings. The van der Waals surface area contributed by atoms with Gasteiger partial charge in [0.1, 0.15) is 5.56 Å². The maximum Gasteiger partial charge on any atom is 0.277 e. The summed E-state index contributed by atoms with van der Waals surface area (Å²) < 4.78 is 17.5. The third kappa shape index (κ3) is 2.34. The Balaban J connectivity index is 2.25. The van der Waals surface area contributed by atoms with Crippen LogP contribution in [0, 0.1) is 5.95 Å². The monoisotopic (exact) mass is 329 g/mol. The van der Waals surface area contributed by atoms with Crippen LogP contribution in [-0.2, 0) is 13.1 Å². The molecule has 1 aromatic carbocycles. The van der Waals surface area contributed by atoms with Gasteiger partial charge < -0.3 is 5.73 Å². The Morgan fingerprint density at radius 2 is 1.71 bits per heavy atom. The molecule has 1 aromatic heterocycles. The highest BCUT2D eigenvalue weighted by Gasteiger charge is 2.24. The molecule has 1 aliphatic heterocycles. The van der Waals surface area contributed by atoms with Crippen molar-refractivity contribution in [2.45, 2.75) is 32.4 Å². The average molecular weight is 330 g/mol. The molecule has 4 nitrogen and oxygen atoms in total. The molecule has 0 atom stereocenters. The quantitative estimate of drug-likeness (QED) is 0.813. The number of hydrogen-bond acceptors (Lipinski definition) is 2. The summed E-state index contributed by atoms with van der Waals surface area (Å²) in [7, 11) is 0. The fourth-order valence-electron chi connectivity index (χ4n) is 2.69. The van der Waals surface area contributed by atoms with Gasteiger partial charge in [0.15, 0.2) is 0 Å². The van der Waals surface area contributed by atoms with Crippen molar-refractivity contribution in [2.24, 2.45) is 0 Å². The summed E-state index contributed by atoms with van der Waals surface area (Å²) >= 11 is 12.0. The molecule has 0 saturated carbocycles. The van der Waals surface area contributed by atoms with E-state index in [2.05, 4.69) is 0 Å². The molecule has 112 valence electrons. The van der Waals surface area contributed by atoms with Crippen LogP contribution in [-0.4, -0.2) is 9.36 Å². The van der Waals surface area contributed by atoms with E-state index in [9.17, 15) is 9.18 Å². The van der Waals surface area contributed by atoms with Crippen LogP contribution in [0.3, 0.4) is 0 Å². The highest BCUT2D eigenvalue weighted by atomic mass is 35.5. The number of nitrogens with two attached hydrogens (primary N) is 1. The van der Waals surface area contributed by atoms with Crippen LogP contribution in [0.2, 0.25) is 10.0 Å². The van der Waals surface area contributed by atoms with E-state index in [1.54, 1.807) is 0 Å². The first kappa shape index (κ1) is 14.5. The summed E-state index contributed by atoms with van der Waals surface area (Å²) in [5.41, 5.74) is 5.88. The zero-order valence-electron chi connectivity index (χ0n) is 11.2. The summed E-state index contributed by atoms with van der Waals surface area (Å²) in [5.74, 6) is -0.564. The molecule has 0 unspecified atom stereocenters. The van der Waals surface area contributed by atoms with Gasteiger partial charge in [-0.05, 0) is 31.4 Å². The smallest absolute Gasteiger partial charge is 0.277 e. The van der Waals surface area contributed by atoms with Crippen molar-refractivity contribution in [2.75, 3.05) is 5.73 Å². The maximum absolute atomic E-state index is 14.7. The van der Waals surface area contributed by atoms with Gasteiger partial charge in [0.2, 0.25) is 5.95 Å². The molecular formula is C14H14Cl2FN3O. The fraction of sp³-hybridized carbons (Fsp3) is 0.357. The molecule has 0 saturated heterocycles. The molecule has 7 heteroatoms. The summed E-state index contributed by atoms with van der Waals surface area (Å²) in [6.07, 6.45) is 2.69. The molecule has 3 rings (SSSR count). The van der Waals surface area contributed by atoms with Gasteiger partial charge in [0.05, 0.1) is 15.7 Å². The highest BCUT2D eigenvalue weighted by molar-refractivity contribution is 6.37. The lowest BCUT2D eigenvalue weighted by Crippen LogP contribution is -2.22. The fourth-order valence-corrected chi connectivity index (χ4v) is 3.16. The lowest BCUT2D eigenvalue weighted by Gasteiger charge is -2.06. The van der Waals surface area contributed by atoms with Crippen LogP contribution < -0.4 is 11.3 Å². The second-order valence-corrected chi connectivity index (χ2v) is 5.95. The molecule has 21 heavy (non-hydrogen) atoms. The third-order valence-corrected chi connectivity index (χ3v) is 4.41. The minimum atomic E-state index is -0.564. The zero-order valence-corrected chi connectivity index (χ0v) is 12.7. The Hall–Kier alpha value is -1.46. The van der Waals surface area contributed by atoms with Gasteiger partial charge in [-0.2, -0.15) is 4.39 Å². The molecule has 1 aliphatic rings. The Labute approximate surface area is 130 Å². The van der Waals surface area contributed by atoms with Gasteiger partial charge in [-0.1, -0.05) is 23.2 Å². The number of nitrogen functional groups attached to an aromatic ring is 1. The van der Waals surface area contributed by atoms with Gasteiger partial charge in [-0.3, -0.25) is 9.48 Å². The number of anilines is 1. The number of aromatic nitrogens is 2. The average Bonchev–Trinajstić information content (AvgIpc) is 2.63. The summed E-state index contributed by atoms with van der Waals surface area (Å²) in [4.78, 5) is 12.5. The summed E-state index contributed by atoms with van der Waals surface area (Å²) in [6.45, 7) is 0.998. The first-order valence-electron chi connectivity index (χ1n) is 6.74. The van der Waals surface area contributed by atoms with Gasteiger partial charge in [-0.15, -0.1) is 0 Å². The zero-order chi connectivity index (χ0) is 15.1. The largest absolute Gasteiger partial charge is 0.398 e. The topological polar surface area (TPSA) is 52.9 Å². The van der Waals surface area contributed by atoms with E-state index in [0.717, 1.165) is 19.3 Å². The van der Waals surface area contributed by atoms with E-state index in [1.807, 2.05) is 0 Å². The van der Waals surface area contributed by atoms with Gasteiger partial charge >= 0.3 is 0 Å². The van der Waals surface area contributed by atoms with Crippen molar-refractivity contribution in [3.05, 3.63) is 38.5 Å². The van der Waals surface area contributed by atoms with Crippen LogP contribution >= 0.6 is 23.2 Å². The molecular weight excluding hydrogens is 316 g/mol. The van der Waals surface area contributed by atoms with Crippen LogP contribution in [0.25, 0.3) is 11.1 Å². The van der Waals surface area contributed by atoms with Crippen molar-refractivity contribution in [1.29, 1.82) is 0 Å². The molecule has 0 amide bonds. The van der Waals surface area contributed by atoms with Crippen molar-refractivity contribution in [1.82, 2.24) is 9.36 Å². The second-order valence-electron chi connectivity index (χ2n) is 5.13. The lowest BCUT2D eigenvalue weighted by atomic mass is 10.1. The lowest BCUT2D eigenvalue weighted by molar-refractivity contribution is 0.393. The van der Waals surface area contributed by atoms with Crippen molar-refractivity contribution < 1.29 is 4.39 Å². The molecule has 0 bridgehead atoms. The van der Waals surface area contributed by atoms with Crippen LogP contribution in [0.15, 0.2) is 16.9 Å². The Morgan fingerprint density at radius 1 is 1.05 bits per heavy atom. The number of rotatable bonds is 1. The van der Waals surface area contributed by atoms with Crippen molar-refractivity contribution in [3.63, 3.8) is 0 Å². The first-order chi connectivity index (χ1) is 10.0. The number of fused-ring (bicyclic) bond motifs is 1. The predicted molar refractivity (Wildman–Crippen MR) is 82.4 cm³/mol. The number of nitrogens with zero attached hydrogens (tertiary/aromatic N) is 2. The minimum Gasteiger partial charge on any atom is -0.398 e. The number of benzene rings is 1. The Kier molecular flexibility index (Phi) is 3.71. The molecule has 2 heterocycles. The standard InChI is InChI=1S/C14H14Cl2FN3O/c15-9-7-10(16)11(18)6-8(9)12-13(17)19-4-2-1-3-5-20(19)14(12)21/h6-7H,1-5,18H2. The van der Waals surface area contributed by atoms with E-state index in [1.165, 1.54) is 21.5 Å². The maximum atomic E-state index is 14.7. The molecule has 0 spiro atoms. The summed E-state index contributed by atoms with van der Waals surface area (Å²) in [6, 6.07) is 2.88. The Bertz CT molecular complexity index is 767. The van der Waals surface area contributed by atoms with Gasteiger partial charge in [0, 0.05) is 18.7 Å². The highest BCUT2D eigenvalue weighted by Crippen LogP contribution is 2.34. The molecule has 0 radical (unpaired) electrons. The van der Waals surface area contributed by atoms with E-state index < -0.39 is 5.95 Å². The molecule has 0 aliphatic carbocycles. The van der Waals surface area contributed by atoms with Crippen molar-refractivity contribution >= 4 is 28.9 Å². The molecule has 0 fully saturated rings. The number of hydrogen-bond donors (Lipinski definition) is 1. The van der Waals surface area contributed by atoms with Crippen LogP contribution in [0.1, 0.15) is 19.3 Å². The van der Waals surface area contributed by atoms with Crippen LogP contribution in [0.5, 0.6) is 0 Å². The third-order valence-electron chi connectivity index (χ3n) is 3.77. The second kappa shape index (κ2) is 5.39. The summed E-state index contributed by atoms with van der Waals surface area (Å²) in [5, 5.41) is 0.497. The van der Waals surface area contributed by atoms with E-state index in [-0.39, 0.29) is 32.4 Å². The normalized spacial score (nSPS) is 14.8. The van der Waals surface area contributed by atoms with E-state index in [0.29, 0.717) is 13.1 Å². The van der Waals surface area contributed by atoms with Gasteiger partial charge in [-0.25, -0.2) is 4.68 Å². The number of halogens is 3. The van der Waals surface area contributed by atoms with Crippen molar-refractivity contribution in [3.8, 4) is 11.1 Å². The van der Waals surface area contributed by atoms with Crippen LogP contribution in [0.4, 0.5) is 10.1 Å². The van der Waals surface area contributed by atoms with Gasteiger partial charge in [0.25, 0.3) is 5.56 Å². The SMILES string of the molecule is Nc1cc(-c2c(F)n3n(c2=O)CCCCC3)c(Cl)cc1Cl. The van der Waals surface area contributed by atoms with E-state index >= 15 is 0 Å². The predicted octanol–water partition coefficient (Wildman–Crippen LogP) is 3.53. The first-order valence-corrected chi connectivity index (χ1v) is 7.50. The van der Waals surface area contributed by atoms with E-state index in [4.69, 9.17) is 28.9 Å². The minimum absolute atomic E-state index is 0.0368. The Morgan fingerprint density at radius 3 is 2.43 bits per heavy atom. The molecule has 2 N–H and O–H groups in total.